The molecule has 0 radical (unpaired) electrons. The highest BCUT2D eigenvalue weighted by atomic mass is 19.4. The summed E-state index contributed by atoms with van der Waals surface area (Å²) in [5, 5.41) is 3.56. The first-order valence-electron chi connectivity index (χ1n) is 10.7. The van der Waals surface area contributed by atoms with Crippen LogP contribution in [0.2, 0.25) is 0 Å². The Morgan fingerprint density at radius 2 is 1.94 bits per heavy atom. The number of pyridine rings is 1. The van der Waals surface area contributed by atoms with Crippen molar-refractivity contribution in [1.82, 2.24) is 29.5 Å². The van der Waals surface area contributed by atoms with Gasteiger partial charge in [-0.1, -0.05) is 6.07 Å². The molecule has 7 nitrogen and oxygen atoms in total. The van der Waals surface area contributed by atoms with Gasteiger partial charge in [-0.15, -0.1) is 5.10 Å². The lowest BCUT2D eigenvalue weighted by Gasteiger charge is -2.32. The van der Waals surface area contributed by atoms with Crippen molar-refractivity contribution in [2.45, 2.75) is 52.1 Å². The zero-order chi connectivity index (χ0) is 22.9. The number of hydrogen-bond donors (Lipinski definition) is 0. The van der Waals surface area contributed by atoms with Crippen LogP contribution >= 0.6 is 0 Å². The van der Waals surface area contributed by atoms with Gasteiger partial charge in [0.1, 0.15) is 0 Å². The Labute approximate surface area is 183 Å². The highest BCUT2D eigenvalue weighted by Gasteiger charge is 2.37. The predicted octanol–water partition coefficient (Wildman–Crippen LogP) is 3.57. The molecule has 3 aromatic heterocycles. The third-order valence-electron chi connectivity index (χ3n) is 6.11. The van der Waals surface area contributed by atoms with Gasteiger partial charge < -0.3 is 4.90 Å². The maximum atomic E-state index is 12.9. The summed E-state index contributed by atoms with van der Waals surface area (Å²) in [5.41, 5.74) is 3.04. The summed E-state index contributed by atoms with van der Waals surface area (Å²) in [4.78, 5) is 26.5. The lowest BCUT2D eigenvalue weighted by atomic mass is 9.90. The van der Waals surface area contributed by atoms with E-state index in [9.17, 15) is 18.0 Å². The third-order valence-corrected chi connectivity index (χ3v) is 6.11. The molecule has 0 N–H and O–H groups in total. The second-order valence-corrected chi connectivity index (χ2v) is 8.30. The largest absolute Gasteiger partial charge is 0.453 e. The van der Waals surface area contributed by atoms with Crippen LogP contribution in [-0.4, -0.2) is 48.5 Å². The molecule has 0 spiro atoms. The van der Waals surface area contributed by atoms with Gasteiger partial charge in [-0.2, -0.15) is 18.2 Å². The van der Waals surface area contributed by atoms with Crippen LogP contribution in [0.25, 0.3) is 5.78 Å². The number of fused-ring (bicyclic) bond motifs is 1. The Kier molecular flexibility index (Phi) is 6.12. The van der Waals surface area contributed by atoms with Gasteiger partial charge in [0.05, 0.1) is 0 Å². The van der Waals surface area contributed by atoms with Crippen LogP contribution < -0.4 is 0 Å². The zero-order valence-electron chi connectivity index (χ0n) is 18.1. The van der Waals surface area contributed by atoms with Crippen molar-refractivity contribution in [2.24, 2.45) is 5.92 Å². The molecule has 0 unspecified atom stereocenters. The third kappa shape index (κ3) is 4.73. The molecule has 1 amide bonds. The van der Waals surface area contributed by atoms with E-state index in [0.29, 0.717) is 23.7 Å². The number of amides is 1. The second-order valence-electron chi connectivity index (χ2n) is 8.30. The van der Waals surface area contributed by atoms with Crippen molar-refractivity contribution >= 4 is 11.7 Å². The van der Waals surface area contributed by atoms with Crippen LogP contribution in [0.5, 0.6) is 0 Å². The first kappa shape index (κ1) is 22.2. The molecule has 10 heteroatoms. The van der Waals surface area contributed by atoms with Crippen molar-refractivity contribution in [3.8, 4) is 0 Å². The van der Waals surface area contributed by atoms with Gasteiger partial charge in [0.15, 0.2) is 0 Å². The number of aromatic nitrogens is 5. The second kappa shape index (κ2) is 8.84. The van der Waals surface area contributed by atoms with E-state index in [4.69, 9.17) is 0 Å². The van der Waals surface area contributed by atoms with Crippen molar-refractivity contribution in [3.05, 3.63) is 52.9 Å². The highest BCUT2D eigenvalue weighted by Crippen LogP contribution is 2.27. The SMILES string of the molecule is Cc1nc2nc(C(F)(F)F)nn2c(C)c1CCC(=O)N1CCC(Cc2cccnc2)CC1. The summed E-state index contributed by atoms with van der Waals surface area (Å²) in [7, 11) is 0. The number of halogens is 3. The van der Waals surface area contributed by atoms with Gasteiger partial charge in [0.2, 0.25) is 5.91 Å². The van der Waals surface area contributed by atoms with E-state index < -0.39 is 12.0 Å². The van der Waals surface area contributed by atoms with Crippen LogP contribution in [0.3, 0.4) is 0 Å². The van der Waals surface area contributed by atoms with Gasteiger partial charge in [0.25, 0.3) is 11.6 Å². The van der Waals surface area contributed by atoms with Crippen LogP contribution in [0.1, 0.15) is 47.6 Å². The molecule has 4 heterocycles. The van der Waals surface area contributed by atoms with E-state index in [-0.39, 0.29) is 18.1 Å². The minimum absolute atomic E-state index is 0.0540. The molecule has 170 valence electrons. The summed E-state index contributed by atoms with van der Waals surface area (Å²) < 4.78 is 40.0. The molecule has 3 aromatic rings. The smallest absolute Gasteiger partial charge is 0.343 e. The van der Waals surface area contributed by atoms with E-state index >= 15 is 0 Å². The van der Waals surface area contributed by atoms with Gasteiger partial charge in [-0.25, -0.2) is 9.50 Å². The first-order chi connectivity index (χ1) is 15.2. The number of carbonyl (C=O) groups is 1. The van der Waals surface area contributed by atoms with E-state index in [2.05, 4.69) is 26.1 Å². The fourth-order valence-corrected chi connectivity index (χ4v) is 4.32. The summed E-state index contributed by atoms with van der Waals surface area (Å²) in [6.07, 6.45) is 2.57. The molecular weight excluding hydrogens is 421 g/mol. The van der Waals surface area contributed by atoms with Gasteiger partial charge in [-0.3, -0.25) is 9.78 Å². The van der Waals surface area contributed by atoms with Crippen LogP contribution in [-0.2, 0) is 23.8 Å². The normalized spacial score (nSPS) is 15.5. The minimum Gasteiger partial charge on any atom is -0.343 e. The predicted molar refractivity (Wildman–Crippen MR) is 111 cm³/mol. The Hall–Kier alpha value is -3.04. The van der Waals surface area contributed by atoms with Crippen LogP contribution in [0, 0.1) is 19.8 Å². The number of alkyl halides is 3. The fourth-order valence-electron chi connectivity index (χ4n) is 4.32. The van der Waals surface area contributed by atoms with Crippen molar-refractivity contribution in [1.29, 1.82) is 0 Å². The molecule has 0 aromatic carbocycles. The number of rotatable bonds is 5. The monoisotopic (exact) mass is 446 g/mol. The van der Waals surface area contributed by atoms with E-state index in [1.807, 2.05) is 17.2 Å². The van der Waals surface area contributed by atoms with Crippen molar-refractivity contribution in [2.75, 3.05) is 13.1 Å². The quantitative estimate of drug-likeness (QED) is 0.599. The average Bonchev–Trinajstić information content (AvgIpc) is 3.19. The lowest BCUT2D eigenvalue weighted by molar-refractivity contribution is -0.144. The topological polar surface area (TPSA) is 76.3 Å². The van der Waals surface area contributed by atoms with E-state index in [0.717, 1.165) is 42.4 Å². The number of nitrogens with zero attached hydrogens (tertiary/aromatic N) is 6. The van der Waals surface area contributed by atoms with Crippen LogP contribution in [0.4, 0.5) is 13.2 Å². The summed E-state index contributed by atoms with van der Waals surface area (Å²) >= 11 is 0. The Bertz CT molecular complexity index is 1100. The molecule has 1 aliphatic rings. The molecule has 4 rings (SSSR count). The van der Waals surface area contributed by atoms with Crippen molar-refractivity contribution < 1.29 is 18.0 Å². The molecule has 0 saturated carbocycles. The molecule has 0 aliphatic carbocycles. The van der Waals surface area contributed by atoms with E-state index in [1.54, 1.807) is 20.0 Å². The fraction of sp³-hybridized carbons (Fsp3) is 0.500. The van der Waals surface area contributed by atoms with Gasteiger partial charge >= 0.3 is 6.18 Å². The summed E-state index contributed by atoms with van der Waals surface area (Å²) in [6, 6.07) is 4.01. The van der Waals surface area contributed by atoms with Crippen LogP contribution in [0.15, 0.2) is 24.5 Å². The Balaban J connectivity index is 1.37. The molecule has 32 heavy (non-hydrogen) atoms. The average molecular weight is 446 g/mol. The number of carbonyl (C=O) groups excluding carboxylic acids is 1. The summed E-state index contributed by atoms with van der Waals surface area (Å²) in [5.74, 6) is -0.708. The molecule has 0 atom stereocenters. The molecule has 1 fully saturated rings. The zero-order valence-corrected chi connectivity index (χ0v) is 18.1. The first-order valence-corrected chi connectivity index (χ1v) is 10.7. The highest BCUT2D eigenvalue weighted by molar-refractivity contribution is 5.76. The maximum absolute atomic E-state index is 12.9. The standard InChI is InChI=1S/C22H25F3N6O/c1-14-18(15(2)31-21(27-14)28-20(29-31)22(23,24)25)5-6-19(32)30-10-7-16(8-11-30)12-17-4-3-9-26-13-17/h3-4,9,13,16H,5-8,10-12H2,1-2H3. The maximum Gasteiger partial charge on any atom is 0.453 e. The lowest BCUT2D eigenvalue weighted by Crippen LogP contribution is -2.39. The minimum atomic E-state index is -4.63. The molecule has 0 bridgehead atoms. The Morgan fingerprint density at radius 3 is 2.59 bits per heavy atom. The number of likely N-dealkylation sites (tertiary alicyclic amines) is 1. The van der Waals surface area contributed by atoms with Crippen molar-refractivity contribution in [3.63, 3.8) is 0 Å². The van der Waals surface area contributed by atoms with Gasteiger partial charge in [-0.05, 0) is 62.6 Å². The summed E-state index contributed by atoms with van der Waals surface area (Å²) in [6.45, 7) is 4.84. The Morgan fingerprint density at radius 1 is 1.19 bits per heavy atom. The van der Waals surface area contributed by atoms with Gasteiger partial charge in [0, 0.05) is 43.3 Å². The number of hydrogen-bond acceptors (Lipinski definition) is 5. The molecule has 1 aliphatic heterocycles. The van der Waals surface area contributed by atoms with E-state index in [1.165, 1.54) is 5.56 Å². The number of aryl methyl sites for hydroxylation is 2. The number of piperidine rings is 1. The molecular formula is C22H25F3N6O. The molecule has 1 saturated heterocycles.